The Morgan fingerprint density at radius 3 is 2.70 bits per heavy atom. The van der Waals surface area contributed by atoms with Crippen LogP contribution in [0.5, 0.6) is 0 Å². The zero-order valence-corrected chi connectivity index (χ0v) is 16.4. The first kappa shape index (κ1) is 19.3. The molecule has 144 valence electrons. The third-order valence-corrected chi connectivity index (χ3v) is 5.56. The van der Waals surface area contributed by atoms with Crippen LogP contribution in [0, 0.1) is 12.8 Å². The van der Waals surface area contributed by atoms with Gasteiger partial charge in [-0.05, 0) is 43.7 Å². The first-order chi connectivity index (χ1) is 13.0. The second kappa shape index (κ2) is 8.51. The normalized spacial score (nSPS) is 19.7. The van der Waals surface area contributed by atoms with Crippen molar-refractivity contribution in [3.63, 3.8) is 0 Å². The van der Waals surface area contributed by atoms with Gasteiger partial charge in [0.05, 0.1) is 16.8 Å². The smallest absolute Gasteiger partial charge is 0.340 e. The van der Waals surface area contributed by atoms with Crippen LogP contribution in [0.1, 0.15) is 61.1 Å². The fourth-order valence-corrected chi connectivity index (χ4v) is 3.95. The largest absolute Gasteiger partial charge is 0.452 e. The van der Waals surface area contributed by atoms with Crippen LogP contribution >= 0.6 is 0 Å². The Balaban J connectivity index is 1.70. The molecule has 0 aliphatic heterocycles. The maximum Gasteiger partial charge on any atom is 0.340 e. The van der Waals surface area contributed by atoms with Gasteiger partial charge in [-0.15, -0.1) is 0 Å². The van der Waals surface area contributed by atoms with Crippen molar-refractivity contribution in [3.05, 3.63) is 41.1 Å². The minimum absolute atomic E-state index is 0.181. The SMILES string of the molecule is CCc1nc2ccccc2c(C)c1C(=O)OCC(=O)N[C@H]1CCCC[C@H]1C. The minimum Gasteiger partial charge on any atom is -0.452 e. The van der Waals surface area contributed by atoms with E-state index in [4.69, 9.17) is 4.74 Å². The van der Waals surface area contributed by atoms with E-state index in [-0.39, 0.29) is 18.6 Å². The molecule has 2 atom stereocenters. The number of hydrogen-bond donors (Lipinski definition) is 1. The summed E-state index contributed by atoms with van der Waals surface area (Å²) in [5.74, 6) is -0.238. The zero-order valence-electron chi connectivity index (χ0n) is 16.4. The Morgan fingerprint density at radius 2 is 1.96 bits per heavy atom. The van der Waals surface area contributed by atoms with Crippen LogP contribution in [0.4, 0.5) is 0 Å². The van der Waals surface area contributed by atoms with Gasteiger partial charge >= 0.3 is 5.97 Å². The molecule has 0 unspecified atom stereocenters. The van der Waals surface area contributed by atoms with E-state index in [1.165, 1.54) is 6.42 Å². The molecule has 1 aliphatic rings. The molecule has 5 nitrogen and oxygen atoms in total. The summed E-state index contributed by atoms with van der Waals surface area (Å²) < 4.78 is 5.35. The van der Waals surface area contributed by atoms with Crippen molar-refractivity contribution < 1.29 is 14.3 Å². The van der Waals surface area contributed by atoms with E-state index in [0.717, 1.165) is 35.7 Å². The Labute approximate surface area is 160 Å². The molecule has 1 fully saturated rings. The molecule has 1 aliphatic carbocycles. The lowest BCUT2D eigenvalue weighted by Gasteiger charge is -2.29. The van der Waals surface area contributed by atoms with Gasteiger partial charge < -0.3 is 10.1 Å². The highest BCUT2D eigenvalue weighted by Crippen LogP contribution is 2.25. The molecule has 0 radical (unpaired) electrons. The monoisotopic (exact) mass is 368 g/mol. The van der Waals surface area contributed by atoms with E-state index in [1.54, 1.807) is 0 Å². The molecule has 1 N–H and O–H groups in total. The van der Waals surface area contributed by atoms with Crippen LogP contribution in [0.25, 0.3) is 10.9 Å². The van der Waals surface area contributed by atoms with Gasteiger partial charge in [0.15, 0.2) is 6.61 Å². The lowest BCUT2D eigenvalue weighted by atomic mass is 9.86. The van der Waals surface area contributed by atoms with Crippen molar-refractivity contribution in [1.82, 2.24) is 10.3 Å². The Hall–Kier alpha value is -2.43. The van der Waals surface area contributed by atoms with Crippen molar-refractivity contribution in [2.45, 2.75) is 58.9 Å². The van der Waals surface area contributed by atoms with Gasteiger partial charge in [-0.2, -0.15) is 0 Å². The summed E-state index contributed by atoms with van der Waals surface area (Å²) in [7, 11) is 0. The molecule has 1 saturated carbocycles. The van der Waals surface area contributed by atoms with E-state index in [2.05, 4.69) is 17.2 Å². The zero-order chi connectivity index (χ0) is 19.4. The number of rotatable bonds is 5. The molecule has 3 rings (SSSR count). The molecule has 1 aromatic carbocycles. The summed E-state index contributed by atoms with van der Waals surface area (Å²) in [4.78, 5) is 29.6. The highest BCUT2D eigenvalue weighted by Gasteiger charge is 2.24. The fraction of sp³-hybridized carbons (Fsp3) is 0.500. The van der Waals surface area contributed by atoms with Crippen LogP contribution in [0.15, 0.2) is 24.3 Å². The first-order valence-electron chi connectivity index (χ1n) is 9.86. The van der Waals surface area contributed by atoms with Crippen LogP contribution in [-0.2, 0) is 16.0 Å². The summed E-state index contributed by atoms with van der Waals surface area (Å²) >= 11 is 0. The van der Waals surface area contributed by atoms with Crippen molar-refractivity contribution in [2.75, 3.05) is 6.61 Å². The van der Waals surface area contributed by atoms with Gasteiger partial charge in [-0.25, -0.2) is 4.79 Å². The number of hydrogen-bond acceptors (Lipinski definition) is 4. The van der Waals surface area contributed by atoms with Crippen molar-refractivity contribution in [1.29, 1.82) is 0 Å². The van der Waals surface area contributed by atoms with Crippen LogP contribution in [0.3, 0.4) is 0 Å². The number of para-hydroxylation sites is 1. The quantitative estimate of drug-likeness (QED) is 0.811. The van der Waals surface area contributed by atoms with Crippen molar-refractivity contribution in [2.24, 2.45) is 5.92 Å². The third kappa shape index (κ3) is 4.29. The second-order valence-corrected chi connectivity index (χ2v) is 7.44. The molecule has 27 heavy (non-hydrogen) atoms. The second-order valence-electron chi connectivity index (χ2n) is 7.44. The number of carbonyl (C=O) groups excluding carboxylic acids is 2. The topological polar surface area (TPSA) is 68.3 Å². The molecule has 0 saturated heterocycles. The summed E-state index contributed by atoms with van der Waals surface area (Å²) in [6.07, 6.45) is 5.11. The van der Waals surface area contributed by atoms with E-state index < -0.39 is 5.97 Å². The highest BCUT2D eigenvalue weighted by atomic mass is 16.5. The van der Waals surface area contributed by atoms with Gasteiger partial charge in [0.1, 0.15) is 0 Å². The number of benzene rings is 1. The standard InChI is InChI=1S/C22H28N2O3/c1-4-17-21(15(3)16-10-6-8-12-19(16)23-17)22(26)27-13-20(25)24-18-11-7-5-9-14(18)2/h6,8,10,12,14,18H,4-5,7,9,11,13H2,1-3H3,(H,24,25)/t14-,18+/m1/s1. The number of amides is 1. The number of aromatic nitrogens is 1. The van der Waals surface area contributed by atoms with Crippen LogP contribution in [0.2, 0.25) is 0 Å². The summed E-state index contributed by atoms with van der Waals surface area (Å²) in [6.45, 7) is 5.78. The number of pyridine rings is 1. The van der Waals surface area contributed by atoms with Gasteiger partial charge in [-0.1, -0.05) is 44.9 Å². The number of fused-ring (bicyclic) bond motifs is 1. The Morgan fingerprint density at radius 1 is 1.22 bits per heavy atom. The highest BCUT2D eigenvalue weighted by molar-refractivity contribution is 5.99. The Kier molecular flexibility index (Phi) is 6.09. The maximum absolute atomic E-state index is 12.7. The predicted octanol–water partition coefficient (Wildman–Crippen LogP) is 3.96. The van der Waals surface area contributed by atoms with Gasteiger partial charge in [0.25, 0.3) is 5.91 Å². The number of carbonyl (C=O) groups is 2. The number of nitrogens with zero attached hydrogens (tertiary/aromatic N) is 1. The summed E-state index contributed by atoms with van der Waals surface area (Å²) in [5, 5.41) is 3.95. The van der Waals surface area contributed by atoms with E-state index >= 15 is 0 Å². The van der Waals surface area contributed by atoms with Gasteiger partial charge in [0.2, 0.25) is 0 Å². The molecular weight excluding hydrogens is 340 g/mol. The average molecular weight is 368 g/mol. The summed E-state index contributed by atoms with van der Waals surface area (Å²) in [5.41, 5.74) is 2.91. The molecular formula is C22H28N2O3. The minimum atomic E-state index is -0.477. The number of ether oxygens (including phenoxy) is 1. The van der Waals surface area contributed by atoms with E-state index in [1.807, 2.05) is 38.1 Å². The van der Waals surface area contributed by atoms with Gasteiger partial charge in [0, 0.05) is 11.4 Å². The van der Waals surface area contributed by atoms with Crippen LogP contribution in [-0.4, -0.2) is 29.5 Å². The molecule has 1 heterocycles. The van der Waals surface area contributed by atoms with Gasteiger partial charge in [-0.3, -0.25) is 9.78 Å². The molecule has 0 spiro atoms. The molecule has 1 aromatic heterocycles. The average Bonchev–Trinajstić information content (AvgIpc) is 2.67. The molecule has 1 amide bonds. The van der Waals surface area contributed by atoms with E-state index in [0.29, 0.717) is 23.6 Å². The number of aryl methyl sites for hydroxylation is 2. The third-order valence-electron chi connectivity index (χ3n) is 5.56. The molecule has 0 bridgehead atoms. The maximum atomic E-state index is 12.7. The summed E-state index contributed by atoms with van der Waals surface area (Å²) in [6, 6.07) is 7.93. The van der Waals surface area contributed by atoms with Crippen molar-refractivity contribution >= 4 is 22.8 Å². The Bertz CT molecular complexity index is 847. The lowest BCUT2D eigenvalue weighted by molar-refractivity contribution is -0.125. The fourth-order valence-electron chi connectivity index (χ4n) is 3.95. The predicted molar refractivity (Wildman–Crippen MR) is 106 cm³/mol. The number of nitrogens with one attached hydrogen (secondary N) is 1. The van der Waals surface area contributed by atoms with Crippen LogP contribution < -0.4 is 5.32 Å². The van der Waals surface area contributed by atoms with E-state index in [9.17, 15) is 9.59 Å². The lowest BCUT2D eigenvalue weighted by Crippen LogP contribution is -2.42. The van der Waals surface area contributed by atoms with Crippen molar-refractivity contribution in [3.8, 4) is 0 Å². The molecule has 5 heteroatoms. The first-order valence-corrected chi connectivity index (χ1v) is 9.86. The molecule has 2 aromatic rings. The number of esters is 1.